The van der Waals surface area contributed by atoms with Gasteiger partial charge in [-0.15, -0.1) is 0 Å². The van der Waals surface area contributed by atoms with E-state index in [1.807, 2.05) is 32.0 Å². The van der Waals surface area contributed by atoms with Crippen molar-refractivity contribution in [1.82, 2.24) is 19.6 Å². The first-order valence-electron chi connectivity index (χ1n) is 5.78. The molecule has 3 aromatic rings. The summed E-state index contributed by atoms with van der Waals surface area (Å²) in [7, 11) is 0. The standard InChI is InChI=1S/C13H12N4O2/c1-7-4-3-5-8(2)9(7)10-11(18)16-13-14-6-15-17(13)12(10)19/h3-6,19H,1-2H3,(H,14,15,16,18). The molecule has 2 N–H and O–H groups in total. The molecule has 3 rings (SSSR count). The van der Waals surface area contributed by atoms with Gasteiger partial charge in [-0.05, 0) is 30.5 Å². The van der Waals surface area contributed by atoms with Gasteiger partial charge >= 0.3 is 0 Å². The summed E-state index contributed by atoms with van der Waals surface area (Å²) in [6.07, 6.45) is 1.27. The highest BCUT2D eigenvalue weighted by Gasteiger charge is 2.20. The van der Waals surface area contributed by atoms with Crippen LogP contribution in [0.3, 0.4) is 0 Å². The molecule has 0 aliphatic heterocycles. The highest BCUT2D eigenvalue weighted by atomic mass is 16.3. The minimum atomic E-state index is -0.254. The maximum Gasteiger partial charge on any atom is 0.258 e. The summed E-state index contributed by atoms with van der Waals surface area (Å²) in [5.41, 5.74) is 2.90. The second-order valence-electron chi connectivity index (χ2n) is 4.37. The molecule has 0 amide bonds. The summed E-state index contributed by atoms with van der Waals surface area (Å²) in [6.45, 7) is 3.82. The lowest BCUT2D eigenvalue weighted by molar-refractivity contribution is 0.416. The van der Waals surface area contributed by atoms with Crippen LogP contribution in [0, 0.1) is 13.8 Å². The summed E-state index contributed by atoms with van der Waals surface area (Å²) >= 11 is 0. The zero-order valence-corrected chi connectivity index (χ0v) is 10.5. The number of fused-ring (bicyclic) bond motifs is 1. The summed E-state index contributed by atoms with van der Waals surface area (Å²) in [5, 5.41) is 24.2. The van der Waals surface area contributed by atoms with Gasteiger partial charge in [0, 0.05) is 0 Å². The van der Waals surface area contributed by atoms with Gasteiger partial charge < -0.3 is 10.2 Å². The van der Waals surface area contributed by atoms with Crippen molar-refractivity contribution in [2.75, 3.05) is 0 Å². The average molecular weight is 256 g/mol. The van der Waals surface area contributed by atoms with Crippen LogP contribution in [-0.4, -0.2) is 29.8 Å². The van der Waals surface area contributed by atoms with E-state index in [9.17, 15) is 10.2 Å². The number of rotatable bonds is 1. The molecule has 2 aromatic heterocycles. The molecule has 0 saturated heterocycles. The monoisotopic (exact) mass is 256 g/mol. The Hall–Kier alpha value is -2.63. The van der Waals surface area contributed by atoms with Crippen LogP contribution in [0.1, 0.15) is 11.1 Å². The Morgan fingerprint density at radius 2 is 1.74 bits per heavy atom. The average Bonchev–Trinajstić information content (AvgIpc) is 2.81. The Morgan fingerprint density at radius 1 is 1.05 bits per heavy atom. The van der Waals surface area contributed by atoms with E-state index in [4.69, 9.17) is 0 Å². The number of aromatic nitrogens is 4. The van der Waals surface area contributed by atoms with Crippen LogP contribution in [0.5, 0.6) is 11.8 Å². The molecule has 1 aromatic carbocycles. The molecule has 0 aliphatic carbocycles. The molecule has 0 radical (unpaired) electrons. The molecule has 0 atom stereocenters. The van der Waals surface area contributed by atoms with Gasteiger partial charge in [0.1, 0.15) is 11.9 Å². The van der Waals surface area contributed by atoms with Crippen molar-refractivity contribution in [1.29, 1.82) is 0 Å². The molecular formula is C13H12N4O2. The molecule has 6 heteroatoms. The summed E-state index contributed by atoms with van der Waals surface area (Å²) in [5.74, 6) is -0.266. The molecule has 0 spiro atoms. The normalized spacial score (nSPS) is 11.1. The van der Waals surface area contributed by atoms with E-state index in [-0.39, 0.29) is 23.1 Å². The van der Waals surface area contributed by atoms with E-state index >= 15 is 0 Å². The molecule has 0 fully saturated rings. The molecule has 0 saturated carbocycles. The van der Waals surface area contributed by atoms with Gasteiger partial charge in [-0.3, -0.25) is 0 Å². The van der Waals surface area contributed by atoms with Gasteiger partial charge in [0.15, 0.2) is 0 Å². The quantitative estimate of drug-likeness (QED) is 0.693. The van der Waals surface area contributed by atoms with E-state index in [1.54, 1.807) is 0 Å². The fourth-order valence-electron chi connectivity index (χ4n) is 2.25. The van der Waals surface area contributed by atoms with Crippen molar-refractivity contribution >= 4 is 5.78 Å². The van der Waals surface area contributed by atoms with E-state index in [2.05, 4.69) is 15.1 Å². The lowest BCUT2D eigenvalue weighted by Crippen LogP contribution is -1.98. The Bertz CT molecular complexity index is 759. The van der Waals surface area contributed by atoms with Crippen molar-refractivity contribution in [3.8, 4) is 22.9 Å². The maximum atomic E-state index is 10.3. The third-order valence-corrected chi connectivity index (χ3v) is 3.11. The zero-order chi connectivity index (χ0) is 13.6. The van der Waals surface area contributed by atoms with Crippen molar-refractivity contribution in [3.63, 3.8) is 0 Å². The SMILES string of the molecule is Cc1cccc(C)c1-c1c(O)nc2ncnn2c1O. The van der Waals surface area contributed by atoms with Gasteiger partial charge in [0.25, 0.3) is 5.78 Å². The Balaban J connectivity index is 2.42. The molecule has 0 unspecified atom stereocenters. The lowest BCUT2D eigenvalue weighted by Gasteiger charge is -2.12. The maximum absolute atomic E-state index is 10.3. The first-order valence-corrected chi connectivity index (χ1v) is 5.78. The van der Waals surface area contributed by atoms with Crippen molar-refractivity contribution < 1.29 is 10.2 Å². The van der Waals surface area contributed by atoms with E-state index in [0.717, 1.165) is 16.7 Å². The molecule has 19 heavy (non-hydrogen) atoms. The van der Waals surface area contributed by atoms with Gasteiger partial charge in [0.2, 0.25) is 11.8 Å². The molecule has 96 valence electrons. The van der Waals surface area contributed by atoms with Crippen LogP contribution < -0.4 is 0 Å². The third kappa shape index (κ3) is 1.61. The summed E-state index contributed by atoms with van der Waals surface area (Å²) in [6, 6.07) is 5.74. The van der Waals surface area contributed by atoms with Gasteiger partial charge in [-0.25, -0.2) is 0 Å². The van der Waals surface area contributed by atoms with Crippen LogP contribution in [-0.2, 0) is 0 Å². The number of benzene rings is 1. The number of aryl methyl sites for hydroxylation is 2. The predicted octanol–water partition coefficient (Wildman–Crippen LogP) is 1.82. The number of aromatic hydroxyl groups is 2. The minimum Gasteiger partial charge on any atom is -0.493 e. The van der Waals surface area contributed by atoms with Gasteiger partial charge in [-0.2, -0.15) is 19.6 Å². The Labute approximate surface area is 109 Å². The van der Waals surface area contributed by atoms with E-state index in [1.165, 1.54) is 10.8 Å². The third-order valence-electron chi connectivity index (χ3n) is 3.11. The molecule has 0 bridgehead atoms. The van der Waals surface area contributed by atoms with Gasteiger partial charge in [-0.1, -0.05) is 18.2 Å². The van der Waals surface area contributed by atoms with E-state index < -0.39 is 0 Å². The Morgan fingerprint density at radius 3 is 2.42 bits per heavy atom. The topological polar surface area (TPSA) is 83.5 Å². The first kappa shape index (κ1) is 11.5. The number of nitrogens with zero attached hydrogens (tertiary/aromatic N) is 4. The van der Waals surface area contributed by atoms with Gasteiger partial charge in [0.05, 0.1) is 0 Å². The highest BCUT2D eigenvalue weighted by Crippen LogP contribution is 2.39. The second-order valence-corrected chi connectivity index (χ2v) is 4.37. The van der Waals surface area contributed by atoms with Crippen LogP contribution in [0.4, 0.5) is 0 Å². The predicted molar refractivity (Wildman–Crippen MR) is 69.0 cm³/mol. The van der Waals surface area contributed by atoms with E-state index in [0.29, 0.717) is 0 Å². The smallest absolute Gasteiger partial charge is 0.258 e. The van der Waals surface area contributed by atoms with Crippen LogP contribution in [0.25, 0.3) is 16.9 Å². The van der Waals surface area contributed by atoms with Crippen LogP contribution in [0.2, 0.25) is 0 Å². The first-order chi connectivity index (χ1) is 9.09. The highest BCUT2D eigenvalue weighted by molar-refractivity contribution is 5.79. The van der Waals surface area contributed by atoms with Crippen LogP contribution in [0.15, 0.2) is 24.5 Å². The zero-order valence-electron chi connectivity index (χ0n) is 10.5. The number of hydrogen-bond acceptors (Lipinski definition) is 5. The summed E-state index contributed by atoms with van der Waals surface area (Å²) in [4.78, 5) is 7.78. The summed E-state index contributed by atoms with van der Waals surface area (Å²) < 4.78 is 1.20. The molecule has 6 nitrogen and oxygen atoms in total. The minimum absolute atomic E-state index is 0.157. The second kappa shape index (κ2) is 3.94. The van der Waals surface area contributed by atoms with Crippen molar-refractivity contribution in [2.45, 2.75) is 13.8 Å². The Kier molecular flexibility index (Phi) is 2.38. The number of hydrogen-bond donors (Lipinski definition) is 2. The lowest BCUT2D eigenvalue weighted by atomic mass is 9.97. The molecular weight excluding hydrogens is 244 g/mol. The fraction of sp³-hybridized carbons (Fsp3) is 0.154. The molecule has 0 aliphatic rings. The van der Waals surface area contributed by atoms with Crippen LogP contribution >= 0.6 is 0 Å². The molecule has 2 heterocycles. The fourth-order valence-corrected chi connectivity index (χ4v) is 2.25. The van der Waals surface area contributed by atoms with Crippen molar-refractivity contribution in [2.24, 2.45) is 0 Å². The largest absolute Gasteiger partial charge is 0.493 e. The van der Waals surface area contributed by atoms with Crippen molar-refractivity contribution in [3.05, 3.63) is 35.7 Å².